The zero-order valence-electron chi connectivity index (χ0n) is 9.87. The smallest absolute Gasteiger partial charge is 0.355 e. The van der Waals surface area contributed by atoms with E-state index in [0.29, 0.717) is 23.5 Å². The van der Waals surface area contributed by atoms with Crippen LogP contribution in [0.15, 0.2) is 29.9 Å². The Kier molecular flexibility index (Phi) is 4.19. The number of nitrogens with one attached hydrogen (secondary N) is 1. The molecule has 0 spiro atoms. The number of pyridine rings is 1. The molecule has 2 aromatic rings. The Labute approximate surface area is 113 Å². The van der Waals surface area contributed by atoms with Gasteiger partial charge < -0.3 is 10.4 Å². The number of carboxylic acids is 1. The van der Waals surface area contributed by atoms with Gasteiger partial charge in [-0.25, -0.2) is 9.78 Å². The number of carboxylic acid groups (broad SMARTS) is 1. The second-order valence-electron chi connectivity index (χ2n) is 3.67. The molecule has 0 aliphatic carbocycles. The van der Waals surface area contributed by atoms with Crippen LogP contribution in [0.5, 0.6) is 0 Å². The Balaban J connectivity index is 1.83. The molecule has 6 nitrogen and oxygen atoms in total. The van der Waals surface area contributed by atoms with Crippen molar-refractivity contribution in [2.45, 2.75) is 6.42 Å². The van der Waals surface area contributed by atoms with Crippen LogP contribution in [0, 0.1) is 0 Å². The number of thiazole rings is 1. The van der Waals surface area contributed by atoms with Gasteiger partial charge in [-0.05, 0) is 12.1 Å². The van der Waals surface area contributed by atoms with E-state index in [1.54, 1.807) is 24.5 Å². The lowest BCUT2D eigenvalue weighted by Gasteiger charge is -2.03. The molecule has 2 aromatic heterocycles. The Morgan fingerprint density at radius 2 is 2.05 bits per heavy atom. The van der Waals surface area contributed by atoms with E-state index in [-0.39, 0.29) is 11.6 Å². The van der Waals surface area contributed by atoms with Crippen LogP contribution in [0.4, 0.5) is 0 Å². The summed E-state index contributed by atoms with van der Waals surface area (Å²) in [4.78, 5) is 30.1. The molecule has 2 heterocycles. The third kappa shape index (κ3) is 3.59. The first kappa shape index (κ1) is 13.2. The maximum atomic E-state index is 11.7. The van der Waals surface area contributed by atoms with E-state index in [1.165, 1.54) is 16.7 Å². The highest BCUT2D eigenvalue weighted by atomic mass is 32.1. The first-order valence-electron chi connectivity index (χ1n) is 5.53. The topological polar surface area (TPSA) is 92.2 Å². The number of nitrogens with zero attached hydrogens (tertiary/aromatic N) is 2. The van der Waals surface area contributed by atoms with Gasteiger partial charge >= 0.3 is 5.97 Å². The van der Waals surface area contributed by atoms with Gasteiger partial charge in [0.25, 0.3) is 5.91 Å². The average Bonchev–Trinajstić information content (AvgIpc) is 2.89. The minimum Gasteiger partial charge on any atom is -0.476 e. The van der Waals surface area contributed by atoms with Crippen LogP contribution in [0.25, 0.3) is 0 Å². The number of aromatic carboxylic acids is 1. The summed E-state index contributed by atoms with van der Waals surface area (Å²) in [7, 11) is 0. The Hall–Kier alpha value is -2.28. The highest BCUT2D eigenvalue weighted by Gasteiger charge is 2.09. The monoisotopic (exact) mass is 277 g/mol. The van der Waals surface area contributed by atoms with E-state index < -0.39 is 5.97 Å². The summed E-state index contributed by atoms with van der Waals surface area (Å²) in [6.07, 6.45) is 3.61. The Bertz CT molecular complexity index is 583. The quantitative estimate of drug-likeness (QED) is 0.857. The van der Waals surface area contributed by atoms with Crippen molar-refractivity contribution < 1.29 is 14.7 Å². The van der Waals surface area contributed by atoms with Crippen molar-refractivity contribution in [3.05, 3.63) is 46.2 Å². The molecule has 0 radical (unpaired) electrons. The minimum absolute atomic E-state index is 0.0421. The van der Waals surface area contributed by atoms with Gasteiger partial charge in [-0.15, -0.1) is 11.3 Å². The lowest BCUT2D eigenvalue weighted by molar-refractivity contribution is 0.0690. The molecule has 0 aromatic carbocycles. The van der Waals surface area contributed by atoms with Crippen LogP contribution in [0.2, 0.25) is 0 Å². The maximum Gasteiger partial charge on any atom is 0.355 e. The van der Waals surface area contributed by atoms with Crippen molar-refractivity contribution >= 4 is 23.2 Å². The number of amides is 1. The molecule has 0 saturated carbocycles. The van der Waals surface area contributed by atoms with E-state index in [2.05, 4.69) is 15.3 Å². The van der Waals surface area contributed by atoms with Crippen LogP contribution in [0.1, 0.15) is 25.9 Å². The standard InChI is InChI=1S/C12H11N3O3S/c16-11(8-1-4-13-5-2-8)14-6-3-10-15-9(7-19-10)12(17)18/h1-2,4-5,7H,3,6H2,(H,14,16)(H,17,18). The molecule has 0 fully saturated rings. The summed E-state index contributed by atoms with van der Waals surface area (Å²) >= 11 is 1.27. The molecule has 0 atom stereocenters. The summed E-state index contributed by atoms with van der Waals surface area (Å²) in [6.45, 7) is 0.410. The first-order valence-corrected chi connectivity index (χ1v) is 6.40. The number of carbonyl (C=O) groups is 2. The third-order valence-electron chi connectivity index (χ3n) is 2.34. The molecule has 2 N–H and O–H groups in total. The predicted octanol–water partition coefficient (Wildman–Crippen LogP) is 1.21. The van der Waals surface area contributed by atoms with Crippen LogP contribution in [0.3, 0.4) is 0 Å². The SMILES string of the molecule is O=C(NCCc1nc(C(=O)O)cs1)c1ccncc1. The van der Waals surface area contributed by atoms with Crippen molar-refractivity contribution in [1.82, 2.24) is 15.3 Å². The molecule has 0 aliphatic rings. The lowest BCUT2D eigenvalue weighted by atomic mass is 10.2. The molecule has 0 bridgehead atoms. The van der Waals surface area contributed by atoms with Crippen LogP contribution in [-0.2, 0) is 6.42 Å². The second kappa shape index (κ2) is 6.05. The van der Waals surface area contributed by atoms with Gasteiger partial charge in [-0.3, -0.25) is 9.78 Å². The van der Waals surface area contributed by atoms with E-state index in [1.807, 2.05) is 0 Å². The number of rotatable bonds is 5. The number of hydrogen-bond donors (Lipinski definition) is 2. The molecule has 0 saturated heterocycles. The number of aromatic nitrogens is 2. The predicted molar refractivity (Wildman–Crippen MR) is 69.3 cm³/mol. The molecule has 2 rings (SSSR count). The number of carbonyl (C=O) groups excluding carboxylic acids is 1. The zero-order valence-corrected chi connectivity index (χ0v) is 10.7. The van der Waals surface area contributed by atoms with Gasteiger partial charge in [0.2, 0.25) is 0 Å². The average molecular weight is 277 g/mol. The Morgan fingerprint density at radius 1 is 1.32 bits per heavy atom. The van der Waals surface area contributed by atoms with Crippen LogP contribution < -0.4 is 5.32 Å². The van der Waals surface area contributed by atoms with E-state index in [9.17, 15) is 9.59 Å². The van der Waals surface area contributed by atoms with Gasteiger partial charge in [-0.1, -0.05) is 0 Å². The normalized spacial score (nSPS) is 10.1. The summed E-state index contributed by atoms with van der Waals surface area (Å²) in [5, 5.41) is 13.6. The summed E-state index contributed by atoms with van der Waals surface area (Å²) in [5.41, 5.74) is 0.584. The van der Waals surface area contributed by atoms with Gasteiger partial charge in [0.15, 0.2) is 5.69 Å². The van der Waals surface area contributed by atoms with Crippen LogP contribution >= 0.6 is 11.3 Å². The van der Waals surface area contributed by atoms with Gasteiger partial charge in [0.05, 0.1) is 5.01 Å². The largest absolute Gasteiger partial charge is 0.476 e. The van der Waals surface area contributed by atoms with Gasteiger partial charge in [0.1, 0.15) is 0 Å². The van der Waals surface area contributed by atoms with Crippen molar-refractivity contribution in [2.24, 2.45) is 0 Å². The van der Waals surface area contributed by atoms with Crippen molar-refractivity contribution in [3.63, 3.8) is 0 Å². The number of hydrogen-bond acceptors (Lipinski definition) is 5. The molecule has 19 heavy (non-hydrogen) atoms. The summed E-state index contributed by atoms with van der Waals surface area (Å²) < 4.78 is 0. The fraction of sp³-hybridized carbons (Fsp3) is 0.167. The van der Waals surface area contributed by atoms with Gasteiger partial charge in [0, 0.05) is 36.3 Å². The minimum atomic E-state index is -1.04. The molecular weight excluding hydrogens is 266 g/mol. The van der Waals surface area contributed by atoms with E-state index in [4.69, 9.17) is 5.11 Å². The van der Waals surface area contributed by atoms with Crippen molar-refractivity contribution in [2.75, 3.05) is 6.54 Å². The third-order valence-corrected chi connectivity index (χ3v) is 3.25. The molecule has 1 amide bonds. The highest BCUT2D eigenvalue weighted by molar-refractivity contribution is 7.09. The molecule has 7 heteroatoms. The highest BCUT2D eigenvalue weighted by Crippen LogP contribution is 2.09. The molecular formula is C12H11N3O3S. The lowest BCUT2D eigenvalue weighted by Crippen LogP contribution is -2.25. The van der Waals surface area contributed by atoms with Crippen LogP contribution in [-0.4, -0.2) is 33.5 Å². The summed E-state index contributed by atoms with van der Waals surface area (Å²) in [6, 6.07) is 3.25. The zero-order chi connectivity index (χ0) is 13.7. The molecule has 0 unspecified atom stereocenters. The molecule has 0 aliphatic heterocycles. The molecule has 98 valence electrons. The maximum absolute atomic E-state index is 11.7. The van der Waals surface area contributed by atoms with E-state index in [0.717, 1.165) is 0 Å². The van der Waals surface area contributed by atoms with Crippen molar-refractivity contribution in [1.29, 1.82) is 0 Å². The van der Waals surface area contributed by atoms with E-state index >= 15 is 0 Å². The fourth-order valence-corrected chi connectivity index (χ4v) is 2.18. The first-order chi connectivity index (χ1) is 9.16. The second-order valence-corrected chi connectivity index (χ2v) is 4.62. The Morgan fingerprint density at radius 3 is 2.68 bits per heavy atom. The summed E-state index contributed by atoms with van der Waals surface area (Å²) in [5.74, 6) is -1.22. The van der Waals surface area contributed by atoms with Gasteiger partial charge in [-0.2, -0.15) is 0 Å². The fourth-order valence-electron chi connectivity index (χ4n) is 1.41. The van der Waals surface area contributed by atoms with Crippen molar-refractivity contribution in [3.8, 4) is 0 Å².